The van der Waals surface area contributed by atoms with Crippen LogP contribution >= 0.6 is 0 Å². The third-order valence-corrected chi connectivity index (χ3v) is 3.93. The van der Waals surface area contributed by atoms with E-state index in [1.165, 1.54) is 12.1 Å². The summed E-state index contributed by atoms with van der Waals surface area (Å²) in [5.74, 6) is 0.688. The second-order valence-corrected chi connectivity index (χ2v) is 6.65. The fourth-order valence-corrected chi connectivity index (χ4v) is 2.49. The van der Waals surface area contributed by atoms with Crippen molar-refractivity contribution in [2.75, 3.05) is 19.0 Å². The van der Waals surface area contributed by atoms with E-state index in [-0.39, 0.29) is 11.6 Å². The van der Waals surface area contributed by atoms with E-state index in [9.17, 15) is 14.9 Å². The molecule has 0 saturated carbocycles. The number of amides is 1. The summed E-state index contributed by atoms with van der Waals surface area (Å²) in [6, 6.07) is 9.43. The molecule has 0 spiro atoms. The third-order valence-electron chi connectivity index (χ3n) is 3.93. The molecule has 1 N–H and O–H groups in total. The first-order chi connectivity index (χ1) is 12.8. The van der Waals surface area contributed by atoms with Gasteiger partial charge in [-0.2, -0.15) is 0 Å². The van der Waals surface area contributed by atoms with Gasteiger partial charge in [0, 0.05) is 29.9 Å². The van der Waals surface area contributed by atoms with Gasteiger partial charge in [-0.15, -0.1) is 0 Å². The number of nitro groups is 1. The average molecular weight is 372 g/mol. The van der Waals surface area contributed by atoms with E-state index in [0.29, 0.717) is 36.1 Å². The van der Waals surface area contributed by atoms with E-state index in [1.54, 1.807) is 38.3 Å². The van der Waals surface area contributed by atoms with Crippen LogP contribution in [0.2, 0.25) is 0 Å². The molecule has 7 heteroatoms. The Bertz CT molecular complexity index is 833. The highest BCUT2D eigenvalue weighted by molar-refractivity contribution is 6.05. The van der Waals surface area contributed by atoms with Crippen LogP contribution in [-0.2, 0) is 11.3 Å². The maximum atomic E-state index is 12.6. The van der Waals surface area contributed by atoms with Crippen molar-refractivity contribution >= 4 is 17.3 Å². The summed E-state index contributed by atoms with van der Waals surface area (Å²) in [7, 11) is 1.56. The number of hydrogen-bond donors (Lipinski definition) is 1. The lowest BCUT2D eigenvalue weighted by Crippen LogP contribution is -2.14. The van der Waals surface area contributed by atoms with Gasteiger partial charge in [0.1, 0.15) is 5.75 Å². The van der Waals surface area contributed by atoms with Gasteiger partial charge in [0.2, 0.25) is 0 Å². The number of benzene rings is 2. The number of anilines is 1. The van der Waals surface area contributed by atoms with Crippen LogP contribution in [0.15, 0.2) is 36.4 Å². The van der Waals surface area contributed by atoms with Crippen LogP contribution in [0.1, 0.15) is 35.3 Å². The maximum absolute atomic E-state index is 12.6. The topological polar surface area (TPSA) is 90.7 Å². The van der Waals surface area contributed by atoms with Gasteiger partial charge in [-0.25, -0.2) is 0 Å². The Morgan fingerprint density at radius 1 is 1.22 bits per heavy atom. The molecule has 144 valence electrons. The number of nitrogens with one attached hydrogen (secondary N) is 1. The molecular weight excluding hydrogens is 348 g/mol. The molecular formula is C20H24N2O5. The smallest absolute Gasteiger partial charge is 0.271 e. The van der Waals surface area contributed by atoms with Crippen LogP contribution in [0.4, 0.5) is 11.4 Å². The third kappa shape index (κ3) is 5.52. The quantitative estimate of drug-likeness (QED) is 0.550. The fraction of sp³-hybridized carbons (Fsp3) is 0.350. The molecule has 0 heterocycles. The minimum atomic E-state index is -0.493. The van der Waals surface area contributed by atoms with Gasteiger partial charge in [-0.05, 0) is 36.6 Å². The number of hydrogen-bond acceptors (Lipinski definition) is 5. The summed E-state index contributed by atoms with van der Waals surface area (Å²) in [4.78, 5) is 23.1. The normalized spacial score (nSPS) is 10.7. The van der Waals surface area contributed by atoms with Crippen molar-refractivity contribution < 1.29 is 19.2 Å². The van der Waals surface area contributed by atoms with Crippen LogP contribution in [0, 0.1) is 23.0 Å². The molecule has 27 heavy (non-hydrogen) atoms. The maximum Gasteiger partial charge on any atom is 0.271 e. The number of nitrogens with zero attached hydrogens (tertiary/aromatic N) is 1. The van der Waals surface area contributed by atoms with Gasteiger partial charge in [-0.3, -0.25) is 14.9 Å². The van der Waals surface area contributed by atoms with Gasteiger partial charge >= 0.3 is 0 Å². The zero-order valence-corrected chi connectivity index (χ0v) is 15.9. The number of nitro benzene ring substituents is 1. The molecule has 0 aliphatic rings. The minimum Gasteiger partial charge on any atom is -0.496 e. The standard InChI is InChI=1S/C20H24N2O5/c1-13(2)11-27-12-16-9-15(6-8-19(16)26-4)20(23)21-18-10-17(22(24)25)7-5-14(18)3/h5-10,13H,11-12H2,1-4H3,(H,21,23). The predicted octanol–water partition coefficient (Wildman–Crippen LogP) is 4.34. The molecule has 0 radical (unpaired) electrons. The lowest BCUT2D eigenvalue weighted by Gasteiger charge is -2.13. The Kier molecular flexibility index (Phi) is 6.90. The first-order valence-electron chi connectivity index (χ1n) is 8.63. The molecule has 0 bridgehead atoms. The van der Waals surface area contributed by atoms with Crippen molar-refractivity contribution in [2.45, 2.75) is 27.4 Å². The second-order valence-electron chi connectivity index (χ2n) is 6.65. The van der Waals surface area contributed by atoms with Crippen molar-refractivity contribution in [2.24, 2.45) is 5.92 Å². The van der Waals surface area contributed by atoms with E-state index < -0.39 is 4.92 Å². The highest BCUT2D eigenvalue weighted by Crippen LogP contribution is 2.24. The molecule has 0 fully saturated rings. The molecule has 2 aromatic carbocycles. The second kappa shape index (κ2) is 9.14. The Balaban J connectivity index is 2.21. The van der Waals surface area contributed by atoms with Crippen LogP contribution in [0.5, 0.6) is 5.75 Å². The predicted molar refractivity (Wildman–Crippen MR) is 103 cm³/mol. The van der Waals surface area contributed by atoms with Gasteiger partial charge in [-0.1, -0.05) is 19.9 Å². The molecule has 0 unspecified atom stereocenters. The zero-order valence-electron chi connectivity index (χ0n) is 15.9. The first kappa shape index (κ1) is 20.4. The number of carbonyl (C=O) groups excluding carboxylic acids is 1. The monoisotopic (exact) mass is 372 g/mol. The largest absolute Gasteiger partial charge is 0.496 e. The van der Waals surface area contributed by atoms with E-state index in [2.05, 4.69) is 19.2 Å². The minimum absolute atomic E-state index is 0.0756. The van der Waals surface area contributed by atoms with E-state index in [4.69, 9.17) is 9.47 Å². The molecule has 7 nitrogen and oxygen atoms in total. The van der Waals surface area contributed by atoms with Gasteiger partial charge in [0.25, 0.3) is 11.6 Å². The number of non-ortho nitro benzene ring substituents is 1. The van der Waals surface area contributed by atoms with Gasteiger partial charge in [0.05, 0.1) is 24.3 Å². The molecule has 0 aliphatic carbocycles. The Morgan fingerprint density at radius 3 is 2.59 bits per heavy atom. The van der Waals surface area contributed by atoms with Crippen LogP contribution in [0.3, 0.4) is 0 Å². The molecule has 1 amide bonds. The number of ether oxygens (including phenoxy) is 2. The highest BCUT2D eigenvalue weighted by atomic mass is 16.6. The SMILES string of the molecule is COc1ccc(C(=O)Nc2cc([N+](=O)[O-])ccc2C)cc1COCC(C)C. The Morgan fingerprint density at radius 2 is 1.96 bits per heavy atom. The fourth-order valence-electron chi connectivity index (χ4n) is 2.49. The van der Waals surface area contributed by atoms with Crippen LogP contribution in [0.25, 0.3) is 0 Å². The van der Waals surface area contributed by atoms with Crippen molar-refractivity contribution in [1.29, 1.82) is 0 Å². The zero-order chi connectivity index (χ0) is 20.0. The summed E-state index contributed by atoms with van der Waals surface area (Å²) in [6.07, 6.45) is 0. The van der Waals surface area contributed by atoms with E-state index in [0.717, 1.165) is 11.1 Å². The van der Waals surface area contributed by atoms with Crippen LogP contribution in [-0.4, -0.2) is 24.5 Å². The first-order valence-corrected chi connectivity index (χ1v) is 8.63. The molecule has 0 aromatic heterocycles. The summed E-state index contributed by atoms with van der Waals surface area (Å²) in [5.41, 5.74) is 2.26. The van der Waals surface area contributed by atoms with Crippen molar-refractivity contribution in [3.63, 3.8) is 0 Å². The van der Waals surface area contributed by atoms with Gasteiger partial charge in [0.15, 0.2) is 0 Å². The molecule has 0 saturated heterocycles. The average Bonchev–Trinajstić information content (AvgIpc) is 2.62. The van der Waals surface area contributed by atoms with Crippen molar-refractivity contribution in [1.82, 2.24) is 0 Å². The molecule has 2 rings (SSSR count). The number of rotatable bonds is 8. The summed E-state index contributed by atoms with van der Waals surface area (Å²) >= 11 is 0. The molecule has 2 aromatic rings. The number of carbonyl (C=O) groups is 1. The van der Waals surface area contributed by atoms with E-state index in [1.807, 2.05) is 0 Å². The lowest BCUT2D eigenvalue weighted by molar-refractivity contribution is -0.384. The summed E-state index contributed by atoms with van der Waals surface area (Å²) < 4.78 is 11.0. The molecule has 0 aliphatic heterocycles. The number of aryl methyl sites for hydroxylation is 1. The summed E-state index contributed by atoms with van der Waals surface area (Å²) in [5, 5.41) is 13.7. The Hall–Kier alpha value is -2.93. The summed E-state index contributed by atoms with van der Waals surface area (Å²) in [6.45, 7) is 6.83. The lowest BCUT2D eigenvalue weighted by atomic mass is 10.1. The van der Waals surface area contributed by atoms with Crippen molar-refractivity contribution in [3.8, 4) is 5.75 Å². The number of methoxy groups -OCH3 is 1. The van der Waals surface area contributed by atoms with Crippen LogP contribution < -0.4 is 10.1 Å². The van der Waals surface area contributed by atoms with Gasteiger partial charge < -0.3 is 14.8 Å². The Labute approximate surface area is 158 Å². The molecule has 0 atom stereocenters. The highest BCUT2D eigenvalue weighted by Gasteiger charge is 2.14. The van der Waals surface area contributed by atoms with E-state index >= 15 is 0 Å². The van der Waals surface area contributed by atoms with Crippen molar-refractivity contribution in [3.05, 3.63) is 63.2 Å².